The molecule has 0 atom stereocenters. The summed E-state index contributed by atoms with van der Waals surface area (Å²) in [5.74, 6) is 1.99. The summed E-state index contributed by atoms with van der Waals surface area (Å²) in [7, 11) is 0. The van der Waals surface area contributed by atoms with Crippen LogP contribution in [0, 0.1) is 13.8 Å². The summed E-state index contributed by atoms with van der Waals surface area (Å²) in [6.45, 7) is 5.48. The third-order valence-corrected chi connectivity index (χ3v) is 4.79. The van der Waals surface area contributed by atoms with Gasteiger partial charge in [-0.15, -0.1) is 21.5 Å². The Balaban J connectivity index is 1.37. The normalized spacial score (nSPS) is 11.0. The molecule has 0 saturated carbocycles. The lowest BCUT2D eigenvalue weighted by Gasteiger charge is -2.06. The Labute approximate surface area is 150 Å². The number of nitrogens with zero attached hydrogens (tertiary/aromatic N) is 4. The molecule has 0 radical (unpaired) electrons. The number of imidazole rings is 1. The van der Waals surface area contributed by atoms with Crippen LogP contribution >= 0.6 is 11.3 Å². The molecule has 0 fully saturated rings. The molecule has 7 nitrogen and oxygen atoms in total. The van der Waals surface area contributed by atoms with Crippen molar-refractivity contribution in [2.24, 2.45) is 0 Å². The van der Waals surface area contributed by atoms with Gasteiger partial charge in [0.05, 0.1) is 4.88 Å². The largest absolute Gasteiger partial charge is 0.420 e. The van der Waals surface area contributed by atoms with Crippen molar-refractivity contribution in [3.8, 4) is 10.8 Å². The van der Waals surface area contributed by atoms with E-state index in [2.05, 4.69) is 25.1 Å². The molecule has 0 spiro atoms. The lowest BCUT2D eigenvalue weighted by Crippen LogP contribution is -2.25. The number of hydrogen-bond acceptors (Lipinski definition) is 6. The van der Waals surface area contributed by atoms with Crippen LogP contribution in [0.4, 0.5) is 0 Å². The highest BCUT2D eigenvalue weighted by Gasteiger charge is 2.11. The second-order valence-corrected chi connectivity index (χ2v) is 7.07. The van der Waals surface area contributed by atoms with Gasteiger partial charge in [0.15, 0.2) is 0 Å². The topological polar surface area (TPSA) is 85.8 Å². The van der Waals surface area contributed by atoms with Crippen molar-refractivity contribution in [1.82, 2.24) is 25.1 Å². The van der Waals surface area contributed by atoms with Crippen molar-refractivity contribution in [2.45, 2.75) is 39.7 Å². The molecule has 3 heterocycles. The Morgan fingerprint density at radius 2 is 2.20 bits per heavy atom. The highest BCUT2D eigenvalue weighted by atomic mass is 32.1. The van der Waals surface area contributed by atoms with Gasteiger partial charge in [0.25, 0.3) is 5.89 Å². The summed E-state index contributed by atoms with van der Waals surface area (Å²) in [6.07, 6.45) is 5.38. The maximum Gasteiger partial charge on any atom is 0.257 e. The summed E-state index contributed by atoms with van der Waals surface area (Å²) in [6, 6.07) is 3.98. The van der Waals surface area contributed by atoms with Gasteiger partial charge in [0.2, 0.25) is 11.8 Å². The van der Waals surface area contributed by atoms with E-state index in [-0.39, 0.29) is 5.91 Å². The van der Waals surface area contributed by atoms with Crippen LogP contribution in [0.25, 0.3) is 10.8 Å². The Kier molecular flexibility index (Phi) is 5.60. The van der Waals surface area contributed by atoms with Gasteiger partial charge in [0.1, 0.15) is 5.82 Å². The van der Waals surface area contributed by atoms with Crippen LogP contribution in [-0.4, -0.2) is 32.2 Å². The van der Waals surface area contributed by atoms with Crippen LogP contribution in [0.1, 0.15) is 29.4 Å². The summed E-state index contributed by atoms with van der Waals surface area (Å²) in [5, 5.41) is 11.0. The van der Waals surface area contributed by atoms with E-state index in [9.17, 15) is 4.79 Å². The van der Waals surface area contributed by atoms with E-state index < -0.39 is 0 Å². The molecule has 0 saturated heterocycles. The first-order valence-electron chi connectivity index (χ1n) is 8.25. The van der Waals surface area contributed by atoms with Gasteiger partial charge >= 0.3 is 0 Å². The van der Waals surface area contributed by atoms with Crippen molar-refractivity contribution in [2.75, 3.05) is 6.54 Å². The predicted molar refractivity (Wildman–Crippen MR) is 95.3 cm³/mol. The Morgan fingerprint density at radius 1 is 1.32 bits per heavy atom. The molecule has 0 aromatic carbocycles. The molecule has 1 amide bonds. The van der Waals surface area contributed by atoms with E-state index in [1.165, 1.54) is 4.88 Å². The predicted octanol–water partition coefficient (Wildman–Crippen LogP) is 2.75. The molecule has 0 aliphatic rings. The van der Waals surface area contributed by atoms with E-state index in [1.54, 1.807) is 17.5 Å². The van der Waals surface area contributed by atoms with Gasteiger partial charge in [0, 0.05) is 43.2 Å². The van der Waals surface area contributed by atoms with Gasteiger partial charge in [-0.05, 0) is 32.4 Å². The standard InChI is InChI=1S/C17H21N5O2S/c1-12-4-5-14(25-12)17-21-20-16(24-17)7-6-15(23)19-8-3-10-22-11-9-18-13(22)2/h4-5,9,11H,3,6-8,10H2,1-2H3,(H,19,23). The van der Waals surface area contributed by atoms with Crippen molar-refractivity contribution in [3.63, 3.8) is 0 Å². The number of aromatic nitrogens is 4. The maximum atomic E-state index is 11.9. The highest BCUT2D eigenvalue weighted by Crippen LogP contribution is 2.26. The lowest BCUT2D eigenvalue weighted by atomic mass is 10.3. The molecule has 0 aliphatic heterocycles. The second kappa shape index (κ2) is 8.06. The number of carbonyl (C=O) groups is 1. The Morgan fingerprint density at radius 3 is 2.92 bits per heavy atom. The summed E-state index contributed by atoms with van der Waals surface area (Å²) in [5.41, 5.74) is 0. The highest BCUT2D eigenvalue weighted by molar-refractivity contribution is 7.15. The molecular formula is C17H21N5O2S. The van der Waals surface area contributed by atoms with Gasteiger partial charge in [-0.3, -0.25) is 4.79 Å². The fourth-order valence-electron chi connectivity index (χ4n) is 2.43. The molecule has 8 heteroatoms. The van der Waals surface area contributed by atoms with E-state index in [4.69, 9.17) is 4.42 Å². The zero-order valence-electron chi connectivity index (χ0n) is 14.4. The van der Waals surface area contributed by atoms with Gasteiger partial charge in [-0.2, -0.15) is 0 Å². The van der Waals surface area contributed by atoms with Crippen LogP contribution in [0.5, 0.6) is 0 Å². The second-order valence-electron chi connectivity index (χ2n) is 5.78. The quantitative estimate of drug-likeness (QED) is 0.625. The van der Waals surface area contributed by atoms with Crippen LogP contribution in [-0.2, 0) is 17.8 Å². The van der Waals surface area contributed by atoms with E-state index in [0.717, 1.165) is 23.7 Å². The number of aryl methyl sites for hydroxylation is 4. The average molecular weight is 359 g/mol. The van der Waals surface area contributed by atoms with E-state index in [0.29, 0.717) is 31.2 Å². The first kappa shape index (κ1) is 17.3. The van der Waals surface area contributed by atoms with Gasteiger partial charge in [-0.25, -0.2) is 4.98 Å². The average Bonchev–Trinajstić information content (AvgIpc) is 3.31. The number of carbonyl (C=O) groups excluding carboxylic acids is 1. The van der Waals surface area contributed by atoms with E-state index >= 15 is 0 Å². The van der Waals surface area contributed by atoms with Crippen LogP contribution in [0.2, 0.25) is 0 Å². The molecule has 0 aliphatic carbocycles. The maximum absolute atomic E-state index is 11.9. The molecular weight excluding hydrogens is 338 g/mol. The number of nitrogens with one attached hydrogen (secondary N) is 1. The molecule has 3 rings (SSSR count). The van der Waals surface area contributed by atoms with Crippen LogP contribution in [0.3, 0.4) is 0 Å². The van der Waals surface area contributed by atoms with Gasteiger partial charge < -0.3 is 14.3 Å². The van der Waals surface area contributed by atoms with Crippen molar-refractivity contribution >= 4 is 17.2 Å². The number of thiophene rings is 1. The summed E-state index contributed by atoms with van der Waals surface area (Å²) < 4.78 is 7.69. The lowest BCUT2D eigenvalue weighted by molar-refractivity contribution is -0.121. The third-order valence-electron chi connectivity index (χ3n) is 3.81. The summed E-state index contributed by atoms with van der Waals surface area (Å²) in [4.78, 5) is 18.2. The monoisotopic (exact) mass is 359 g/mol. The number of hydrogen-bond donors (Lipinski definition) is 1. The SMILES string of the molecule is Cc1ccc(-c2nnc(CCC(=O)NCCCn3ccnc3C)o2)s1. The minimum absolute atomic E-state index is 0.00549. The number of rotatable bonds is 8. The molecule has 25 heavy (non-hydrogen) atoms. The molecule has 3 aromatic heterocycles. The molecule has 0 unspecified atom stereocenters. The number of amides is 1. The zero-order chi connectivity index (χ0) is 17.6. The first-order valence-corrected chi connectivity index (χ1v) is 9.07. The minimum Gasteiger partial charge on any atom is -0.420 e. The van der Waals surface area contributed by atoms with Crippen LogP contribution in [0.15, 0.2) is 28.9 Å². The molecule has 1 N–H and O–H groups in total. The Bertz CT molecular complexity index is 836. The fraction of sp³-hybridized carbons (Fsp3) is 0.412. The molecule has 0 bridgehead atoms. The van der Waals surface area contributed by atoms with Crippen molar-refractivity contribution in [3.05, 3.63) is 41.1 Å². The third kappa shape index (κ3) is 4.76. The van der Waals surface area contributed by atoms with Gasteiger partial charge in [-0.1, -0.05) is 0 Å². The smallest absolute Gasteiger partial charge is 0.257 e. The zero-order valence-corrected chi connectivity index (χ0v) is 15.2. The van der Waals surface area contributed by atoms with Crippen LogP contribution < -0.4 is 5.32 Å². The molecule has 132 valence electrons. The first-order chi connectivity index (χ1) is 12.1. The fourth-order valence-corrected chi connectivity index (χ4v) is 3.22. The molecule has 3 aromatic rings. The summed E-state index contributed by atoms with van der Waals surface area (Å²) >= 11 is 1.61. The van der Waals surface area contributed by atoms with Crippen molar-refractivity contribution in [1.29, 1.82) is 0 Å². The van der Waals surface area contributed by atoms with E-state index in [1.807, 2.05) is 32.2 Å². The minimum atomic E-state index is -0.00549. The Hall–Kier alpha value is -2.48. The van der Waals surface area contributed by atoms with Crippen molar-refractivity contribution < 1.29 is 9.21 Å².